The van der Waals surface area contributed by atoms with Crippen LogP contribution in [0.4, 0.5) is 5.69 Å². The third kappa shape index (κ3) is 4.26. The molecular formula is C15H22N2O4. The molecule has 0 saturated carbocycles. The van der Waals surface area contributed by atoms with Crippen LogP contribution >= 0.6 is 0 Å². The van der Waals surface area contributed by atoms with Crippen LogP contribution in [0.5, 0.6) is 0 Å². The lowest BCUT2D eigenvalue weighted by Crippen LogP contribution is -2.44. The first-order chi connectivity index (χ1) is 9.68. The highest BCUT2D eigenvalue weighted by molar-refractivity contribution is 5.98. The Hall–Kier alpha value is -1.95. The molecule has 0 spiro atoms. The summed E-state index contributed by atoms with van der Waals surface area (Å²) < 4.78 is 0. The van der Waals surface area contributed by atoms with E-state index < -0.39 is 10.8 Å². The van der Waals surface area contributed by atoms with Crippen molar-refractivity contribution in [1.29, 1.82) is 0 Å². The van der Waals surface area contributed by atoms with E-state index in [1.165, 1.54) is 6.07 Å². The number of aliphatic hydroxyl groups excluding tert-OH is 1. The second-order valence-corrected chi connectivity index (χ2v) is 6.13. The molecule has 6 heteroatoms. The predicted octanol–water partition coefficient (Wildman–Crippen LogP) is 2.43. The fourth-order valence-electron chi connectivity index (χ4n) is 2.17. The number of nitro groups is 1. The second kappa shape index (κ2) is 6.67. The van der Waals surface area contributed by atoms with E-state index in [-0.39, 0.29) is 29.3 Å². The number of benzene rings is 1. The Morgan fingerprint density at radius 3 is 2.52 bits per heavy atom. The van der Waals surface area contributed by atoms with Gasteiger partial charge in [-0.3, -0.25) is 14.9 Å². The fraction of sp³-hybridized carbons (Fsp3) is 0.533. The van der Waals surface area contributed by atoms with Crippen LogP contribution in [0, 0.1) is 22.5 Å². The largest absolute Gasteiger partial charge is 0.396 e. The van der Waals surface area contributed by atoms with Gasteiger partial charge in [0.15, 0.2) is 0 Å². The quantitative estimate of drug-likeness (QED) is 0.644. The Morgan fingerprint density at radius 2 is 2.05 bits per heavy atom. The summed E-state index contributed by atoms with van der Waals surface area (Å²) in [5.74, 6) is -0.487. The molecule has 0 aliphatic rings. The molecule has 6 nitrogen and oxygen atoms in total. The van der Waals surface area contributed by atoms with E-state index in [1.54, 1.807) is 19.1 Å². The van der Waals surface area contributed by atoms with Crippen molar-refractivity contribution in [3.8, 4) is 0 Å². The maximum Gasteiger partial charge on any atom is 0.285 e. The standard InChI is InChI=1S/C15H22N2O4/c1-10-6-5-7-11(13(10)17(20)21)14(19)16-12(8-9-18)15(2,3)4/h5-7,12,18H,8-9H2,1-4H3,(H,16,19). The van der Waals surface area contributed by atoms with Gasteiger partial charge in [0.2, 0.25) is 0 Å². The number of nitro benzene ring substituents is 1. The summed E-state index contributed by atoms with van der Waals surface area (Å²) in [7, 11) is 0. The van der Waals surface area contributed by atoms with Gasteiger partial charge in [0, 0.05) is 18.2 Å². The van der Waals surface area contributed by atoms with Crippen molar-refractivity contribution < 1.29 is 14.8 Å². The molecule has 0 fully saturated rings. The minimum atomic E-state index is -0.539. The van der Waals surface area contributed by atoms with E-state index in [2.05, 4.69) is 5.32 Å². The Labute approximate surface area is 124 Å². The molecule has 0 saturated heterocycles. The van der Waals surface area contributed by atoms with Crippen LogP contribution in [0.3, 0.4) is 0 Å². The van der Waals surface area contributed by atoms with E-state index in [4.69, 9.17) is 5.11 Å². The van der Waals surface area contributed by atoms with Gasteiger partial charge < -0.3 is 10.4 Å². The van der Waals surface area contributed by atoms with E-state index in [1.807, 2.05) is 20.8 Å². The number of carbonyl (C=O) groups is 1. The van der Waals surface area contributed by atoms with Gasteiger partial charge in [-0.2, -0.15) is 0 Å². The van der Waals surface area contributed by atoms with Gasteiger partial charge in [0.1, 0.15) is 5.56 Å². The number of hydrogen-bond donors (Lipinski definition) is 2. The van der Waals surface area contributed by atoms with Crippen LogP contribution in [0.2, 0.25) is 0 Å². The summed E-state index contributed by atoms with van der Waals surface area (Å²) in [4.78, 5) is 23.0. The average Bonchev–Trinajstić information content (AvgIpc) is 2.36. The van der Waals surface area contributed by atoms with E-state index in [9.17, 15) is 14.9 Å². The predicted molar refractivity (Wildman–Crippen MR) is 80.2 cm³/mol. The molecule has 1 aromatic carbocycles. The van der Waals surface area contributed by atoms with Crippen molar-refractivity contribution >= 4 is 11.6 Å². The molecule has 0 bridgehead atoms. The number of para-hydroxylation sites is 1. The number of nitrogens with one attached hydrogen (secondary N) is 1. The van der Waals surface area contributed by atoms with Crippen molar-refractivity contribution in [1.82, 2.24) is 5.32 Å². The first-order valence-electron chi connectivity index (χ1n) is 6.84. The van der Waals surface area contributed by atoms with Gasteiger partial charge in [-0.25, -0.2) is 0 Å². The lowest BCUT2D eigenvalue weighted by atomic mass is 9.84. The van der Waals surface area contributed by atoms with Gasteiger partial charge >= 0.3 is 0 Å². The van der Waals surface area contributed by atoms with E-state index >= 15 is 0 Å². The summed E-state index contributed by atoms with van der Waals surface area (Å²) >= 11 is 0. The molecule has 0 aliphatic carbocycles. The summed E-state index contributed by atoms with van der Waals surface area (Å²) in [5.41, 5.74) is 0.0674. The Bertz CT molecular complexity index is 535. The van der Waals surface area contributed by atoms with Gasteiger partial charge in [-0.15, -0.1) is 0 Å². The molecule has 1 unspecified atom stereocenters. The third-order valence-electron chi connectivity index (χ3n) is 3.43. The molecule has 0 aliphatic heterocycles. The average molecular weight is 294 g/mol. The molecule has 0 radical (unpaired) electrons. The molecule has 1 amide bonds. The van der Waals surface area contributed by atoms with Crippen LogP contribution in [0.1, 0.15) is 43.1 Å². The smallest absolute Gasteiger partial charge is 0.285 e. The molecule has 2 N–H and O–H groups in total. The molecular weight excluding hydrogens is 272 g/mol. The number of aryl methyl sites for hydroxylation is 1. The van der Waals surface area contributed by atoms with Gasteiger partial charge in [0.05, 0.1) is 4.92 Å². The van der Waals surface area contributed by atoms with Crippen LogP contribution in [0.15, 0.2) is 18.2 Å². The first kappa shape index (κ1) is 17.1. The van der Waals surface area contributed by atoms with Crippen molar-refractivity contribution in [2.75, 3.05) is 6.61 Å². The number of amides is 1. The van der Waals surface area contributed by atoms with Crippen molar-refractivity contribution in [3.63, 3.8) is 0 Å². The topological polar surface area (TPSA) is 92.5 Å². The molecule has 0 aromatic heterocycles. The highest BCUT2D eigenvalue weighted by atomic mass is 16.6. The summed E-state index contributed by atoms with van der Waals surface area (Å²) in [6, 6.07) is 4.40. The molecule has 1 rings (SSSR count). The normalized spacial score (nSPS) is 12.8. The van der Waals surface area contributed by atoms with Crippen LogP contribution in [0.25, 0.3) is 0 Å². The SMILES string of the molecule is Cc1cccc(C(=O)NC(CCO)C(C)(C)C)c1[N+](=O)[O-]. The zero-order valence-corrected chi connectivity index (χ0v) is 12.8. The summed E-state index contributed by atoms with van der Waals surface area (Å²) in [6.07, 6.45) is 0.398. The number of aliphatic hydroxyl groups is 1. The molecule has 21 heavy (non-hydrogen) atoms. The fourth-order valence-corrected chi connectivity index (χ4v) is 2.17. The van der Waals surface area contributed by atoms with Gasteiger partial charge in [-0.1, -0.05) is 32.9 Å². The van der Waals surface area contributed by atoms with E-state index in [0.29, 0.717) is 12.0 Å². The van der Waals surface area contributed by atoms with Crippen LogP contribution in [-0.2, 0) is 0 Å². The van der Waals surface area contributed by atoms with E-state index in [0.717, 1.165) is 0 Å². The lowest BCUT2D eigenvalue weighted by molar-refractivity contribution is -0.385. The lowest BCUT2D eigenvalue weighted by Gasteiger charge is -2.31. The molecule has 1 aromatic rings. The Kier molecular flexibility index (Phi) is 5.43. The number of hydrogen-bond acceptors (Lipinski definition) is 4. The zero-order valence-electron chi connectivity index (χ0n) is 12.8. The second-order valence-electron chi connectivity index (χ2n) is 6.13. The Morgan fingerprint density at radius 1 is 1.43 bits per heavy atom. The number of carbonyl (C=O) groups excluding carboxylic acids is 1. The highest BCUT2D eigenvalue weighted by Crippen LogP contribution is 2.25. The van der Waals surface area contributed by atoms with Crippen molar-refractivity contribution in [2.24, 2.45) is 5.41 Å². The zero-order chi connectivity index (χ0) is 16.2. The minimum Gasteiger partial charge on any atom is -0.396 e. The minimum absolute atomic E-state index is 0.0483. The maximum atomic E-state index is 12.4. The molecule has 116 valence electrons. The third-order valence-corrected chi connectivity index (χ3v) is 3.43. The molecule has 0 heterocycles. The van der Waals surface area contributed by atoms with Crippen LogP contribution in [-0.4, -0.2) is 28.6 Å². The summed E-state index contributed by atoms with van der Waals surface area (Å²) in [5, 5.41) is 23.0. The Balaban J connectivity index is 3.09. The summed E-state index contributed by atoms with van der Waals surface area (Å²) in [6.45, 7) is 7.37. The first-order valence-corrected chi connectivity index (χ1v) is 6.84. The molecule has 1 atom stereocenters. The van der Waals surface area contributed by atoms with Crippen molar-refractivity contribution in [2.45, 2.75) is 40.2 Å². The monoisotopic (exact) mass is 294 g/mol. The number of nitrogens with zero attached hydrogens (tertiary/aromatic N) is 1. The highest BCUT2D eigenvalue weighted by Gasteiger charge is 2.29. The van der Waals surface area contributed by atoms with Gasteiger partial charge in [-0.05, 0) is 24.8 Å². The maximum absolute atomic E-state index is 12.4. The van der Waals surface area contributed by atoms with Crippen molar-refractivity contribution in [3.05, 3.63) is 39.4 Å². The van der Waals surface area contributed by atoms with Crippen LogP contribution < -0.4 is 5.32 Å². The number of rotatable bonds is 5. The van der Waals surface area contributed by atoms with Gasteiger partial charge in [0.25, 0.3) is 11.6 Å².